The van der Waals surface area contributed by atoms with Gasteiger partial charge < -0.3 is 10.5 Å². The fourth-order valence-electron chi connectivity index (χ4n) is 1.17. The summed E-state index contributed by atoms with van der Waals surface area (Å²) in [7, 11) is 0. The highest BCUT2D eigenvalue weighted by atomic mass is 32.2. The van der Waals surface area contributed by atoms with Crippen molar-refractivity contribution in [3.63, 3.8) is 0 Å². The summed E-state index contributed by atoms with van der Waals surface area (Å²) >= 11 is 1.39. The molecule has 0 fully saturated rings. The van der Waals surface area contributed by atoms with Crippen molar-refractivity contribution in [1.82, 2.24) is 0 Å². The van der Waals surface area contributed by atoms with Crippen LogP contribution in [0.2, 0.25) is 0 Å². The van der Waals surface area contributed by atoms with E-state index in [4.69, 9.17) is 5.73 Å². The van der Waals surface area contributed by atoms with Gasteiger partial charge in [-0.1, -0.05) is 6.07 Å². The van der Waals surface area contributed by atoms with Crippen molar-refractivity contribution >= 4 is 17.4 Å². The predicted octanol–water partition coefficient (Wildman–Crippen LogP) is 3.25. The highest BCUT2D eigenvalue weighted by molar-refractivity contribution is 7.99. The number of aryl methyl sites for hydroxylation is 1. The topological polar surface area (TPSA) is 35.2 Å². The third kappa shape index (κ3) is 5.83. The lowest BCUT2D eigenvalue weighted by Crippen LogP contribution is -2.17. The van der Waals surface area contributed by atoms with Gasteiger partial charge in [0.2, 0.25) is 0 Å². The number of ether oxygens (including phenoxy) is 1. The third-order valence-electron chi connectivity index (χ3n) is 1.92. The van der Waals surface area contributed by atoms with E-state index in [1.165, 1.54) is 11.8 Å². The van der Waals surface area contributed by atoms with Crippen molar-refractivity contribution < 1.29 is 17.9 Å². The van der Waals surface area contributed by atoms with Crippen LogP contribution in [0.15, 0.2) is 23.1 Å². The Labute approximate surface area is 102 Å². The lowest BCUT2D eigenvalue weighted by Gasteiger charge is -2.08. The second-order valence-corrected chi connectivity index (χ2v) is 4.69. The molecule has 6 heteroatoms. The van der Waals surface area contributed by atoms with Crippen LogP contribution in [0, 0.1) is 6.92 Å². The van der Waals surface area contributed by atoms with E-state index < -0.39 is 12.8 Å². The molecule has 0 unspecified atom stereocenters. The Balaban J connectivity index is 2.29. The Morgan fingerprint density at radius 2 is 2.06 bits per heavy atom. The maximum Gasteiger partial charge on any atom is 0.411 e. The molecule has 2 nitrogen and oxygen atoms in total. The van der Waals surface area contributed by atoms with Gasteiger partial charge in [0.1, 0.15) is 6.61 Å². The molecule has 0 spiro atoms. The summed E-state index contributed by atoms with van der Waals surface area (Å²) in [5, 5.41) is 0. The molecular weight excluding hydrogens is 251 g/mol. The molecule has 0 heterocycles. The van der Waals surface area contributed by atoms with Gasteiger partial charge in [-0.3, -0.25) is 0 Å². The van der Waals surface area contributed by atoms with Crippen LogP contribution in [-0.2, 0) is 4.74 Å². The second kappa shape index (κ2) is 6.16. The number of alkyl halides is 3. The highest BCUT2D eigenvalue weighted by Gasteiger charge is 2.27. The van der Waals surface area contributed by atoms with E-state index in [2.05, 4.69) is 4.74 Å². The normalized spacial score (nSPS) is 11.8. The largest absolute Gasteiger partial charge is 0.411 e. The summed E-state index contributed by atoms with van der Waals surface area (Å²) in [4.78, 5) is 0.876. The standard InChI is InChI=1S/C11H14F3NOS/c1-8-2-3-9(15)10(6-8)17-5-4-16-7-11(12,13)14/h2-3,6H,4-5,7,15H2,1H3. The van der Waals surface area contributed by atoms with Crippen LogP contribution >= 0.6 is 11.8 Å². The van der Waals surface area contributed by atoms with Gasteiger partial charge in [0.25, 0.3) is 0 Å². The first-order chi connectivity index (χ1) is 7.88. The lowest BCUT2D eigenvalue weighted by molar-refractivity contribution is -0.172. The molecule has 0 amide bonds. The minimum atomic E-state index is -4.26. The number of benzene rings is 1. The number of rotatable bonds is 5. The zero-order valence-electron chi connectivity index (χ0n) is 9.38. The Bertz CT molecular complexity index is 368. The molecule has 0 aliphatic heterocycles. The fraction of sp³-hybridized carbons (Fsp3) is 0.455. The van der Waals surface area contributed by atoms with Crippen LogP contribution in [-0.4, -0.2) is 25.1 Å². The van der Waals surface area contributed by atoms with E-state index in [0.29, 0.717) is 11.4 Å². The number of anilines is 1. The average molecular weight is 265 g/mol. The van der Waals surface area contributed by atoms with E-state index in [-0.39, 0.29) is 6.61 Å². The molecule has 0 bridgehead atoms. The predicted molar refractivity (Wildman–Crippen MR) is 63.2 cm³/mol. The minimum Gasteiger partial charge on any atom is -0.398 e. The first-order valence-corrected chi connectivity index (χ1v) is 6.00. The number of hydrogen-bond donors (Lipinski definition) is 1. The Kier molecular flexibility index (Phi) is 5.14. The van der Waals surface area contributed by atoms with Gasteiger partial charge in [-0.05, 0) is 24.6 Å². The van der Waals surface area contributed by atoms with E-state index in [1.54, 1.807) is 6.07 Å². The van der Waals surface area contributed by atoms with Crippen molar-refractivity contribution in [2.45, 2.75) is 18.0 Å². The van der Waals surface area contributed by atoms with Gasteiger partial charge in [-0.2, -0.15) is 13.2 Å². The molecular formula is C11H14F3NOS. The van der Waals surface area contributed by atoms with Gasteiger partial charge in [0, 0.05) is 16.3 Å². The number of nitrogens with two attached hydrogens (primary N) is 1. The van der Waals surface area contributed by atoms with Gasteiger partial charge >= 0.3 is 6.18 Å². The zero-order chi connectivity index (χ0) is 12.9. The third-order valence-corrected chi connectivity index (χ3v) is 2.96. The molecule has 0 radical (unpaired) electrons. The molecule has 17 heavy (non-hydrogen) atoms. The molecule has 0 aliphatic rings. The van der Waals surface area contributed by atoms with Gasteiger partial charge in [-0.25, -0.2) is 0 Å². The van der Waals surface area contributed by atoms with E-state index in [9.17, 15) is 13.2 Å². The van der Waals surface area contributed by atoms with E-state index >= 15 is 0 Å². The number of hydrogen-bond acceptors (Lipinski definition) is 3. The molecule has 0 saturated heterocycles. The molecule has 0 aliphatic carbocycles. The van der Waals surface area contributed by atoms with Crippen molar-refractivity contribution in [1.29, 1.82) is 0 Å². The minimum absolute atomic E-state index is 0.0531. The smallest absolute Gasteiger partial charge is 0.398 e. The molecule has 0 aromatic heterocycles. The first kappa shape index (κ1) is 14.2. The van der Waals surface area contributed by atoms with E-state index in [0.717, 1.165) is 10.5 Å². The molecule has 0 atom stereocenters. The maximum absolute atomic E-state index is 11.8. The van der Waals surface area contributed by atoms with Gasteiger partial charge in [0.05, 0.1) is 6.61 Å². The SMILES string of the molecule is Cc1ccc(N)c(SCCOCC(F)(F)F)c1. The second-order valence-electron chi connectivity index (χ2n) is 3.56. The lowest BCUT2D eigenvalue weighted by atomic mass is 10.2. The molecule has 1 rings (SSSR count). The number of halogens is 3. The highest BCUT2D eigenvalue weighted by Crippen LogP contribution is 2.25. The number of thioether (sulfide) groups is 1. The Hall–Kier alpha value is -0.880. The molecule has 0 saturated carbocycles. The monoisotopic (exact) mass is 265 g/mol. The van der Waals surface area contributed by atoms with Crippen LogP contribution in [0.3, 0.4) is 0 Å². The quantitative estimate of drug-likeness (QED) is 0.504. The van der Waals surface area contributed by atoms with Crippen LogP contribution in [0.5, 0.6) is 0 Å². The average Bonchev–Trinajstić information content (AvgIpc) is 2.21. The van der Waals surface area contributed by atoms with Crippen LogP contribution in [0.25, 0.3) is 0 Å². The fourth-order valence-corrected chi connectivity index (χ4v) is 2.09. The molecule has 1 aromatic rings. The molecule has 1 aromatic carbocycles. The van der Waals surface area contributed by atoms with E-state index in [1.807, 2.05) is 19.1 Å². The van der Waals surface area contributed by atoms with Crippen LogP contribution in [0.4, 0.5) is 18.9 Å². The summed E-state index contributed by atoms with van der Waals surface area (Å²) in [6, 6.07) is 5.58. The summed E-state index contributed by atoms with van der Waals surface area (Å²) in [6.45, 7) is 0.790. The van der Waals surface area contributed by atoms with Crippen LogP contribution in [0.1, 0.15) is 5.56 Å². The molecule has 2 N–H and O–H groups in total. The maximum atomic E-state index is 11.8. The van der Waals surface area contributed by atoms with Crippen LogP contribution < -0.4 is 5.73 Å². The Morgan fingerprint density at radius 3 is 2.71 bits per heavy atom. The Morgan fingerprint density at radius 1 is 1.35 bits per heavy atom. The van der Waals surface area contributed by atoms with Crippen molar-refractivity contribution in [2.24, 2.45) is 0 Å². The summed E-state index contributed by atoms with van der Waals surface area (Å²) in [6.07, 6.45) is -4.26. The summed E-state index contributed by atoms with van der Waals surface area (Å²) in [5.74, 6) is 0.448. The zero-order valence-corrected chi connectivity index (χ0v) is 10.2. The van der Waals surface area contributed by atoms with Crippen molar-refractivity contribution in [3.8, 4) is 0 Å². The first-order valence-electron chi connectivity index (χ1n) is 5.02. The van der Waals surface area contributed by atoms with Gasteiger partial charge in [-0.15, -0.1) is 11.8 Å². The summed E-state index contributed by atoms with van der Waals surface area (Å²) < 4.78 is 39.8. The van der Waals surface area contributed by atoms with Crippen molar-refractivity contribution in [3.05, 3.63) is 23.8 Å². The van der Waals surface area contributed by atoms with Crippen molar-refractivity contribution in [2.75, 3.05) is 24.7 Å². The van der Waals surface area contributed by atoms with Gasteiger partial charge in [0.15, 0.2) is 0 Å². The number of nitrogen functional groups attached to an aromatic ring is 1. The molecule has 96 valence electrons. The summed E-state index contributed by atoms with van der Waals surface area (Å²) in [5.41, 5.74) is 7.43.